The number of methoxy groups -OCH3 is 1. The van der Waals surface area contributed by atoms with Crippen molar-refractivity contribution < 1.29 is 9.15 Å². The smallest absolute Gasteiger partial charge is 0.336 e. The van der Waals surface area contributed by atoms with E-state index < -0.39 is 0 Å². The Morgan fingerprint density at radius 1 is 1.07 bits per heavy atom. The molecule has 4 rings (SSSR count). The summed E-state index contributed by atoms with van der Waals surface area (Å²) in [5.41, 5.74) is 2.75. The average molecular weight is 363 g/mol. The van der Waals surface area contributed by atoms with Gasteiger partial charge in [-0.05, 0) is 61.5 Å². The normalized spacial score (nSPS) is 15.9. The van der Waals surface area contributed by atoms with E-state index in [0.29, 0.717) is 11.3 Å². The molecule has 0 unspecified atom stereocenters. The number of likely N-dealkylation sites (tertiary alicyclic amines) is 1. The molecule has 3 aromatic rings. The highest BCUT2D eigenvalue weighted by Crippen LogP contribution is 2.26. The maximum absolute atomic E-state index is 12.0. The third kappa shape index (κ3) is 4.22. The lowest BCUT2D eigenvalue weighted by Gasteiger charge is -2.32. The van der Waals surface area contributed by atoms with Gasteiger partial charge in [-0.25, -0.2) is 4.79 Å². The molecule has 1 aliphatic heterocycles. The first kappa shape index (κ1) is 17.8. The summed E-state index contributed by atoms with van der Waals surface area (Å²) in [5, 5.41) is 0.988. The fourth-order valence-corrected chi connectivity index (χ4v) is 4.01. The van der Waals surface area contributed by atoms with E-state index in [0.717, 1.165) is 42.9 Å². The predicted molar refractivity (Wildman–Crippen MR) is 107 cm³/mol. The molecule has 2 aromatic carbocycles. The molecule has 140 valence electrons. The van der Waals surface area contributed by atoms with Gasteiger partial charge < -0.3 is 9.15 Å². The zero-order chi connectivity index (χ0) is 18.6. The van der Waals surface area contributed by atoms with Crippen molar-refractivity contribution in [3.05, 3.63) is 76.1 Å². The molecule has 0 aliphatic carbocycles. The van der Waals surface area contributed by atoms with Crippen LogP contribution < -0.4 is 10.4 Å². The lowest BCUT2D eigenvalue weighted by molar-refractivity contribution is 0.177. The molecule has 0 N–H and O–H groups in total. The van der Waals surface area contributed by atoms with Crippen molar-refractivity contribution in [1.82, 2.24) is 4.90 Å². The molecule has 2 heterocycles. The Bertz CT molecular complexity index is 956. The SMILES string of the molecule is COc1ccc2c(CN3CCC(Cc4ccccc4)CC3)cc(=O)oc2c1. The highest BCUT2D eigenvalue weighted by molar-refractivity contribution is 5.81. The third-order valence-electron chi connectivity index (χ3n) is 5.51. The lowest BCUT2D eigenvalue weighted by Crippen LogP contribution is -2.34. The van der Waals surface area contributed by atoms with E-state index in [1.807, 2.05) is 12.1 Å². The molecule has 0 bridgehead atoms. The second kappa shape index (κ2) is 7.97. The molecule has 1 fully saturated rings. The van der Waals surface area contributed by atoms with Crippen molar-refractivity contribution in [2.45, 2.75) is 25.8 Å². The van der Waals surface area contributed by atoms with E-state index in [1.165, 1.54) is 18.4 Å². The van der Waals surface area contributed by atoms with Gasteiger partial charge in [0, 0.05) is 24.1 Å². The number of piperidine rings is 1. The average Bonchev–Trinajstić information content (AvgIpc) is 2.69. The Balaban J connectivity index is 1.44. The van der Waals surface area contributed by atoms with Crippen LogP contribution in [0.15, 0.2) is 63.8 Å². The van der Waals surface area contributed by atoms with Crippen LogP contribution in [-0.2, 0) is 13.0 Å². The number of rotatable bonds is 5. The largest absolute Gasteiger partial charge is 0.497 e. The second-order valence-corrected chi connectivity index (χ2v) is 7.36. The number of ether oxygens (including phenoxy) is 1. The summed E-state index contributed by atoms with van der Waals surface area (Å²) in [6.07, 6.45) is 3.55. The van der Waals surface area contributed by atoms with E-state index in [9.17, 15) is 4.79 Å². The van der Waals surface area contributed by atoms with Crippen molar-refractivity contribution in [3.8, 4) is 5.75 Å². The molecular weight excluding hydrogens is 338 g/mol. The van der Waals surface area contributed by atoms with Crippen molar-refractivity contribution in [1.29, 1.82) is 0 Å². The van der Waals surface area contributed by atoms with Gasteiger partial charge in [0.05, 0.1) is 7.11 Å². The fraction of sp³-hybridized carbons (Fsp3) is 0.348. The van der Waals surface area contributed by atoms with Crippen LogP contribution in [0, 0.1) is 5.92 Å². The summed E-state index contributed by atoms with van der Waals surface area (Å²) in [6.45, 7) is 2.91. The summed E-state index contributed by atoms with van der Waals surface area (Å²) in [6, 6.07) is 18.1. The van der Waals surface area contributed by atoms with Gasteiger partial charge >= 0.3 is 5.63 Å². The monoisotopic (exact) mass is 363 g/mol. The van der Waals surface area contributed by atoms with E-state index in [2.05, 4.69) is 35.2 Å². The van der Waals surface area contributed by atoms with Gasteiger partial charge in [0.2, 0.25) is 0 Å². The van der Waals surface area contributed by atoms with Gasteiger partial charge in [-0.3, -0.25) is 4.90 Å². The first-order chi connectivity index (χ1) is 13.2. The van der Waals surface area contributed by atoms with Gasteiger partial charge in [0.1, 0.15) is 11.3 Å². The molecule has 1 aromatic heterocycles. The number of hydrogen-bond donors (Lipinski definition) is 0. The second-order valence-electron chi connectivity index (χ2n) is 7.36. The molecular formula is C23H25NO3. The van der Waals surface area contributed by atoms with Crippen molar-refractivity contribution in [2.75, 3.05) is 20.2 Å². The maximum atomic E-state index is 12.0. The summed E-state index contributed by atoms with van der Waals surface area (Å²) in [7, 11) is 1.61. The quantitative estimate of drug-likeness (QED) is 0.636. The zero-order valence-corrected chi connectivity index (χ0v) is 15.7. The van der Waals surface area contributed by atoms with Crippen LogP contribution in [0.4, 0.5) is 0 Å². The molecule has 0 amide bonds. The molecule has 0 spiro atoms. The van der Waals surface area contributed by atoms with Crippen LogP contribution in [-0.4, -0.2) is 25.1 Å². The van der Waals surface area contributed by atoms with Gasteiger partial charge in [-0.2, -0.15) is 0 Å². The van der Waals surface area contributed by atoms with Crippen molar-refractivity contribution in [3.63, 3.8) is 0 Å². The molecule has 0 radical (unpaired) electrons. The molecule has 4 heteroatoms. The van der Waals surface area contributed by atoms with Crippen LogP contribution in [0.1, 0.15) is 24.0 Å². The predicted octanol–water partition coefficient (Wildman–Crippen LogP) is 4.26. The van der Waals surface area contributed by atoms with Crippen LogP contribution >= 0.6 is 0 Å². The Morgan fingerprint density at radius 3 is 2.59 bits per heavy atom. The first-order valence-electron chi connectivity index (χ1n) is 9.58. The van der Waals surface area contributed by atoms with Crippen LogP contribution in [0.3, 0.4) is 0 Å². The molecule has 1 saturated heterocycles. The van der Waals surface area contributed by atoms with Crippen LogP contribution in [0.25, 0.3) is 11.0 Å². The highest BCUT2D eigenvalue weighted by atomic mass is 16.5. The van der Waals surface area contributed by atoms with Gasteiger partial charge in [-0.15, -0.1) is 0 Å². The minimum atomic E-state index is -0.301. The number of benzene rings is 2. The van der Waals surface area contributed by atoms with E-state index in [-0.39, 0.29) is 5.63 Å². The first-order valence-corrected chi connectivity index (χ1v) is 9.58. The van der Waals surface area contributed by atoms with Crippen LogP contribution in [0.2, 0.25) is 0 Å². The summed E-state index contributed by atoms with van der Waals surface area (Å²) in [5.74, 6) is 1.44. The van der Waals surface area contributed by atoms with Gasteiger partial charge in [0.25, 0.3) is 0 Å². The Labute approximate surface area is 159 Å². The number of nitrogens with zero attached hydrogens (tertiary/aromatic N) is 1. The lowest BCUT2D eigenvalue weighted by atomic mass is 9.90. The third-order valence-corrected chi connectivity index (χ3v) is 5.51. The minimum Gasteiger partial charge on any atom is -0.497 e. The molecule has 0 atom stereocenters. The highest BCUT2D eigenvalue weighted by Gasteiger charge is 2.20. The van der Waals surface area contributed by atoms with Crippen molar-refractivity contribution >= 4 is 11.0 Å². The van der Waals surface area contributed by atoms with Gasteiger partial charge in [-0.1, -0.05) is 30.3 Å². The Morgan fingerprint density at radius 2 is 1.85 bits per heavy atom. The summed E-state index contributed by atoms with van der Waals surface area (Å²) >= 11 is 0. The van der Waals surface area contributed by atoms with E-state index in [1.54, 1.807) is 19.2 Å². The number of hydrogen-bond acceptors (Lipinski definition) is 4. The van der Waals surface area contributed by atoms with Gasteiger partial charge in [0.15, 0.2) is 0 Å². The number of fused-ring (bicyclic) bond motifs is 1. The minimum absolute atomic E-state index is 0.301. The molecule has 0 saturated carbocycles. The van der Waals surface area contributed by atoms with E-state index >= 15 is 0 Å². The standard InChI is InChI=1S/C23H25NO3/c1-26-20-7-8-21-19(14-23(25)27-22(21)15-20)16-24-11-9-18(10-12-24)13-17-5-3-2-4-6-17/h2-8,14-15,18H,9-13,16H2,1H3. The van der Waals surface area contributed by atoms with Crippen LogP contribution in [0.5, 0.6) is 5.75 Å². The molecule has 4 nitrogen and oxygen atoms in total. The summed E-state index contributed by atoms with van der Waals surface area (Å²) < 4.78 is 10.6. The molecule has 1 aliphatic rings. The Hall–Kier alpha value is -2.59. The zero-order valence-electron chi connectivity index (χ0n) is 15.7. The maximum Gasteiger partial charge on any atom is 0.336 e. The Kier molecular flexibility index (Phi) is 5.26. The fourth-order valence-electron chi connectivity index (χ4n) is 4.01. The topological polar surface area (TPSA) is 42.7 Å². The summed E-state index contributed by atoms with van der Waals surface area (Å²) in [4.78, 5) is 14.4. The molecule has 27 heavy (non-hydrogen) atoms. The van der Waals surface area contributed by atoms with E-state index in [4.69, 9.17) is 9.15 Å². The van der Waals surface area contributed by atoms with Crippen molar-refractivity contribution in [2.24, 2.45) is 5.92 Å².